The normalized spacial score (nSPS) is 30.9. The molecular formula is C10H10F3NO3S. The van der Waals surface area contributed by atoms with Crippen LogP contribution < -0.4 is 0 Å². The lowest BCUT2D eigenvalue weighted by Gasteiger charge is -2.31. The smallest absolute Gasteiger partial charge is 0.439 e. The van der Waals surface area contributed by atoms with E-state index in [1.165, 1.54) is 13.0 Å². The summed E-state index contributed by atoms with van der Waals surface area (Å²) < 4.78 is 47.9. The minimum absolute atomic E-state index is 0.222. The number of rotatable bonds is 2. The van der Waals surface area contributed by atoms with Crippen LogP contribution in [0, 0.1) is 0 Å². The molecule has 0 fully saturated rings. The first-order valence-corrected chi connectivity index (χ1v) is 5.98. The molecule has 0 N–H and O–H groups in total. The molecule has 2 rings (SSSR count). The van der Waals surface area contributed by atoms with Crippen LogP contribution in [0.15, 0.2) is 17.1 Å². The molecule has 100 valence electrons. The minimum Gasteiger partial charge on any atom is -0.463 e. The average Bonchev–Trinajstić information content (AvgIpc) is 2.66. The van der Waals surface area contributed by atoms with Gasteiger partial charge in [0.05, 0.1) is 6.61 Å². The summed E-state index contributed by atoms with van der Waals surface area (Å²) in [7, 11) is 0. The zero-order valence-electron chi connectivity index (χ0n) is 9.36. The third kappa shape index (κ3) is 2.54. The Bertz CT molecular complexity index is 421. The third-order valence-electron chi connectivity index (χ3n) is 2.44. The molecule has 0 spiro atoms. The molecule has 0 aromatic carbocycles. The Kier molecular flexibility index (Phi) is 3.41. The van der Waals surface area contributed by atoms with Crippen LogP contribution >= 0.6 is 11.8 Å². The van der Waals surface area contributed by atoms with Gasteiger partial charge in [0, 0.05) is 6.92 Å². The number of fused-ring (bicyclic) bond motifs is 1. The number of hydrogen-bond donors (Lipinski definition) is 0. The van der Waals surface area contributed by atoms with Crippen molar-refractivity contribution in [2.24, 2.45) is 4.99 Å². The van der Waals surface area contributed by atoms with E-state index in [-0.39, 0.29) is 13.2 Å². The van der Waals surface area contributed by atoms with Gasteiger partial charge in [-0.25, -0.2) is 0 Å². The zero-order chi connectivity index (χ0) is 13.4. The molecule has 0 bridgehead atoms. The van der Waals surface area contributed by atoms with Gasteiger partial charge < -0.3 is 9.47 Å². The van der Waals surface area contributed by atoms with E-state index in [1.807, 2.05) is 0 Å². The molecule has 2 aliphatic rings. The van der Waals surface area contributed by atoms with Gasteiger partial charge in [0.25, 0.3) is 0 Å². The number of esters is 1. The molecule has 0 radical (unpaired) electrons. The second kappa shape index (κ2) is 4.58. The molecule has 0 saturated heterocycles. The van der Waals surface area contributed by atoms with Gasteiger partial charge in [-0.05, 0) is 0 Å². The van der Waals surface area contributed by atoms with Crippen LogP contribution in [0.2, 0.25) is 0 Å². The monoisotopic (exact) mass is 281 g/mol. The summed E-state index contributed by atoms with van der Waals surface area (Å²) in [5.41, 5.74) is -2.07. The Hall–Kier alpha value is -1.02. The quantitative estimate of drug-likeness (QED) is 0.573. The molecule has 2 atom stereocenters. The first-order valence-electron chi connectivity index (χ1n) is 5.10. The molecule has 0 saturated carbocycles. The van der Waals surface area contributed by atoms with Crippen molar-refractivity contribution in [3.63, 3.8) is 0 Å². The van der Waals surface area contributed by atoms with E-state index < -0.39 is 28.2 Å². The summed E-state index contributed by atoms with van der Waals surface area (Å²) in [5.74, 6) is -0.567. The molecule has 8 heteroatoms. The Morgan fingerprint density at radius 1 is 1.72 bits per heavy atom. The number of nitrogens with zero attached hydrogens (tertiary/aromatic N) is 1. The summed E-state index contributed by atoms with van der Waals surface area (Å²) >= 11 is 0.512. The lowest BCUT2D eigenvalue weighted by atomic mass is 10.0. The van der Waals surface area contributed by atoms with E-state index in [0.29, 0.717) is 11.8 Å². The maximum atomic E-state index is 12.6. The molecule has 0 aromatic heterocycles. The van der Waals surface area contributed by atoms with Gasteiger partial charge in [-0.1, -0.05) is 23.9 Å². The van der Waals surface area contributed by atoms with Gasteiger partial charge >= 0.3 is 12.1 Å². The van der Waals surface area contributed by atoms with E-state index in [0.717, 1.165) is 0 Å². The van der Waals surface area contributed by atoms with E-state index in [1.54, 1.807) is 6.08 Å². The third-order valence-corrected chi connectivity index (χ3v) is 3.74. The number of aliphatic imine (C=N–C) groups is 1. The number of carbonyl (C=O) groups is 1. The maximum Gasteiger partial charge on any atom is 0.439 e. The van der Waals surface area contributed by atoms with Crippen molar-refractivity contribution in [2.45, 2.75) is 24.1 Å². The topological polar surface area (TPSA) is 47.9 Å². The van der Waals surface area contributed by atoms with Crippen molar-refractivity contribution in [1.29, 1.82) is 0 Å². The second-order valence-electron chi connectivity index (χ2n) is 3.87. The van der Waals surface area contributed by atoms with Crippen LogP contribution in [0.4, 0.5) is 13.2 Å². The Morgan fingerprint density at radius 2 is 2.44 bits per heavy atom. The lowest BCUT2D eigenvalue weighted by Crippen LogP contribution is -2.43. The van der Waals surface area contributed by atoms with Gasteiger partial charge in [-0.2, -0.15) is 13.2 Å². The second-order valence-corrected chi connectivity index (χ2v) is 4.92. The van der Waals surface area contributed by atoms with Crippen molar-refractivity contribution in [3.8, 4) is 0 Å². The van der Waals surface area contributed by atoms with Gasteiger partial charge in [-0.3, -0.25) is 9.79 Å². The molecule has 18 heavy (non-hydrogen) atoms. The molecule has 0 amide bonds. The summed E-state index contributed by atoms with van der Waals surface area (Å²) in [4.78, 5) is 14.4. The summed E-state index contributed by atoms with van der Waals surface area (Å²) in [6.45, 7) is 1.16. The predicted molar refractivity (Wildman–Crippen MR) is 59.3 cm³/mol. The summed E-state index contributed by atoms with van der Waals surface area (Å²) in [6.07, 6.45) is -1.43. The zero-order valence-corrected chi connectivity index (χ0v) is 10.2. The minimum atomic E-state index is -4.51. The molecule has 2 aliphatic heterocycles. The summed E-state index contributed by atoms with van der Waals surface area (Å²) in [6, 6.07) is 0. The van der Waals surface area contributed by atoms with Crippen LogP contribution in [0.1, 0.15) is 6.92 Å². The first-order chi connectivity index (χ1) is 8.33. The van der Waals surface area contributed by atoms with Crippen LogP contribution in [-0.2, 0) is 14.3 Å². The van der Waals surface area contributed by atoms with E-state index >= 15 is 0 Å². The van der Waals surface area contributed by atoms with Gasteiger partial charge in [0.1, 0.15) is 17.6 Å². The number of carbonyl (C=O) groups excluding carboxylic acids is 1. The molecule has 2 unspecified atom stereocenters. The van der Waals surface area contributed by atoms with Gasteiger partial charge in [0.15, 0.2) is 5.04 Å². The fourth-order valence-corrected chi connectivity index (χ4v) is 2.77. The highest BCUT2D eigenvalue weighted by atomic mass is 32.2. The lowest BCUT2D eigenvalue weighted by molar-refractivity contribution is -0.143. The molecule has 4 nitrogen and oxygen atoms in total. The van der Waals surface area contributed by atoms with Crippen molar-refractivity contribution in [2.75, 3.05) is 13.2 Å². The molecule has 0 aromatic rings. The fraction of sp³-hybridized carbons (Fsp3) is 0.600. The highest BCUT2D eigenvalue weighted by Crippen LogP contribution is 2.44. The van der Waals surface area contributed by atoms with Crippen molar-refractivity contribution in [3.05, 3.63) is 12.2 Å². The number of hydrogen-bond acceptors (Lipinski definition) is 5. The van der Waals surface area contributed by atoms with Crippen LogP contribution in [0.5, 0.6) is 0 Å². The van der Waals surface area contributed by atoms with Gasteiger partial charge in [0.2, 0.25) is 0 Å². The predicted octanol–water partition coefficient (Wildman–Crippen LogP) is 1.91. The van der Waals surface area contributed by atoms with Crippen molar-refractivity contribution < 1.29 is 27.4 Å². The maximum absolute atomic E-state index is 12.6. The Balaban J connectivity index is 2.26. The summed E-state index contributed by atoms with van der Waals surface area (Å²) in [5, 5.41) is -0.953. The highest BCUT2D eigenvalue weighted by molar-refractivity contribution is 8.14. The molecular weight excluding hydrogens is 271 g/mol. The fourth-order valence-electron chi connectivity index (χ4n) is 1.66. The average molecular weight is 281 g/mol. The van der Waals surface area contributed by atoms with Gasteiger partial charge in [-0.15, -0.1) is 0 Å². The van der Waals surface area contributed by atoms with E-state index in [2.05, 4.69) is 4.99 Å². The van der Waals surface area contributed by atoms with E-state index in [4.69, 9.17) is 9.47 Å². The number of thioether (sulfide) groups is 1. The Labute approximate surface area is 105 Å². The largest absolute Gasteiger partial charge is 0.463 e. The van der Waals surface area contributed by atoms with Crippen LogP contribution in [-0.4, -0.2) is 41.4 Å². The van der Waals surface area contributed by atoms with Crippen molar-refractivity contribution >= 4 is 22.8 Å². The number of ether oxygens (including phenoxy) is 2. The molecule has 0 aliphatic carbocycles. The number of alkyl halides is 3. The SMILES string of the molecule is CC(=O)OCC12C=CCOC1SC(C(F)(F)F)=N2. The highest BCUT2D eigenvalue weighted by Gasteiger charge is 2.53. The Morgan fingerprint density at radius 3 is 3.06 bits per heavy atom. The van der Waals surface area contributed by atoms with E-state index in [9.17, 15) is 18.0 Å². The standard InChI is InChI=1S/C10H10F3NO3S/c1-6(15)17-5-9-3-2-4-16-8(9)18-7(14-9)10(11,12)13/h2-3,8H,4-5H2,1H3. The number of halogens is 3. The van der Waals surface area contributed by atoms with Crippen LogP contribution in [0.3, 0.4) is 0 Å². The first kappa shape index (κ1) is 13.4. The molecule has 2 heterocycles. The van der Waals surface area contributed by atoms with Crippen molar-refractivity contribution in [1.82, 2.24) is 0 Å². The van der Waals surface area contributed by atoms with Crippen LogP contribution in [0.25, 0.3) is 0 Å².